The molecule has 2 aromatic carbocycles. The summed E-state index contributed by atoms with van der Waals surface area (Å²) in [6.45, 7) is 2.44. The molecule has 0 unspecified atom stereocenters. The molecule has 0 radical (unpaired) electrons. The van der Waals surface area contributed by atoms with E-state index in [0.29, 0.717) is 6.61 Å². The van der Waals surface area contributed by atoms with E-state index in [1.54, 1.807) is 7.11 Å². The number of aryl methyl sites for hydroxylation is 1. The number of benzene rings is 2. The zero-order valence-corrected chi connectivity index (χ0v) is 10.6. The second-order valence-electron chi connectivity index (χ2n) is 4.12. The first kappa shape index (κ1) is 12.3. The van der Waals surface area contributed by atoms with Gasteiger partial charge >= 0.3 is 0 Å². The summed E-state index contributed by atoms with van der Waals surface area (Å²) in [5.41, 5.74) is 8.59. The summed E-state index contributed by atoms with van der Waals surface area (Å²) < 4.78 is 11.0. The third-order valence-corrected chi connectivity index (χ3v) is 2.83. The molecule has 2 rings (SSSR count). The van der Waals surface area contributed by atoms with Gasteiger partial charge in [0.05, 0.1) is 7.11 Å². The molecule has 0 amide bonds. The zero-order valence-electron chi connectivity index (χ0n) is 10.6. The molecule has 0 saturated carbocycles. The van der Waals surface area contributed by atoms with Crippen LogP contribution >= 0.6 is 0 Å². The van der Waals surface area contributed by atoms with E-state index in [2.05, 4.69) is 0 Å². The third-order valence-electron chi connectivity index (χ3n) is 2.83. The molecule has 0 heterocycles. The summed E-state index contributed by atoms with van der Waals surface area (Å²) in [5, 5.41) is 0. The molecule has 94 valence electrons. The molecule has 0 aromatic heterocycles. The van der Waals surface area contributed by atoms with Crippen molar-refractivity contribution < 1.29 is 9.47 Å². The number of hydrogen-bond acceptors (Lipinski definition) is 3. The van der Waals surface area contributed by atoms with Crippen molar-refractivity contribution in [2.24, 2.45) is 0 Å². The summed E-state index contributed by atoms with van der Waals surface area (Å²) in [4.78, 5) is 0. The largest absolute Gasteiger partial charge is 0.496 e. The Balaban J connectivity index is 2.09. The van der Waals surface area contributed by atoms with Gasteiger partial charge in [0.2, 0.25) is 0 Å². The predicted molar refractivity (Wildman–Crippen MR) is 72.9 cm³/mol. The molecule has 0 saturated heterocycles. The average Bonchev–Trinajstić information content (AvgIpc) is 2.40. The van der Waals surface area contributed by atoms with Crippen LogP contribution in [0.5, 0.6) is 11.5 Å². The van der Waals surface area contributed by atoms with Crippen LogP contribution in [0.2, 0.25) is 0 Å². The van der Waals surface area contributed by atoms with E-state index in [1.165, 1.54) is 0 Å². The smallest absolute Gasteiger partial charge is 0.125 e. The van der Waals surface area contributed by atoms with E-state index in [9.17, 15) is 0 Å². The maximum absolute atomic E-state index is 5.77. The van der Waals surface area contributed by atoms with Crippen LogP contribution in [0.3, 0.4) is 0 Å². The monoisotopic (exact) mass is 243 g/mol. The Morgan fingerprint density at radius 3 is 2.61 bits per heavy atom. The number of rotatable bonds is 4. The van der Waals surface area contributed by atoms with Crippen molar-refractivity contribution in [2.75, 3.05) is 12.8 Å². The lowest BCUT2D eigenvalue weighted by Crippen LogP contribution is -1.99. The fourth-order valence-corrected chi connectivity index (χ4v) is 1.72. The van der Waals surface area contributed by atoms with Gasteiger partial charge in [0, 0.05) is 11.3 Å². The Bertz CT molecular complexity index is 538. The second-order valence-corrected chi connectivity index (χ2v) is 4.12. The van der Waals surface area contributed by atoms with Crippen molar-refractivity contribution in [2.45, 2.75) is 13.5 Å². The normalized spacial score (nSPS) is 10.1. The summed E-state index contributed by atoms with van der Waals surface area (Å²) in [7, 11) is 1.66. The van der Waals surface area contributed by atoms with Gasteiger partial charge in [0.1, 0.15) is 18.1 Å². The van der Waals surface area contributed by atoms with Crippen LogP contribution in [-0.2, 0) is 6.61 Å². The van der Waals surface area contributed by atoms with E-state index in [1.807, 2.05) is 49.4 Å². The van der Waals surface area contributed by atoms with Crippen LogP contribution in [0.1, 0.15) is 11.1 Å². The molecule has 0 aliphatic rings. The molecule has 18 heavy (non-hydrogen) atoms. The Hall–Kier alpha value is -2.16. The molecule has 2 aromatic rings. The third kappa shape index (κ3) is 2.74. The summed E-state index contributed by atoms with van der Waals surface area (Å²) in [5.74, 6) is 1.65. The minimum absolute atomic E-state index is 0.480. The van der Waals surface area contributed by atoms with E-state index in [0.717, 1.165) is 28.3 Å². The molecule has 3 nitrogen and oxygen atoms in total. The molecule has 0 aliphatic heterocycles. The van der Waals surface area contributed by atoms with Crippen molar-refractivity contribution in [3.63, 3.8) is 0 Å². The highest BCUT2D eigenvalue weighted by atomic mass is 16.5. The van der Waals surface area contributed by atoms with Crippen LogP contribution in [0, 0.1) is 6.92 Å². The average molecular weight is 243 g/mol. The molecule has 0 bridgehead atoms. The lowest BCUT2D eigenvalue weighted by atomic mass is 10.2. The standard InChI is InChI=1S/C15H17NO2/c1-11-9-13(7-8-14(11)16)18-10-12-5-3-4-6-15(12)17-2/h3-9H,10,16H2,1-2H3. The molecule has 3 heteroatoms. The SMILES string of the molecule is COc1ccccc1COc1ccc(N)c(C)c1. The van der Waals surface area contributed by atoms with Crippen LogP contribution in [0.15, 0.2) is 42.5 Å². The van der Waals surface area contributed by atoms with Gasteiger partial charge in [-0.15, -0.1) is 0 Å². The molecule has 0 atom stereocenters. The van der Waals surface area contributed by atoms with Crippen LogP contribution in [-0.4, -0.2) is 7.11 Å². The van der Waals surface area contributed by atoms with Crippen LogP contribution in [0.4, 0.5) is 5.69 Å². The van der Waals surface area contributed by atoms with Crippen molar-refractivity contribution in [1.29, 1.82) is 0 Å². The second kappa shape index (κ2) is 5.45. The van der Waals surface area contributed by atoms with Gasteiger partial charge in [0.15, 0.2) is 0 Å². The molecule has 0 aliphatic carbocycles. The van der Waals surface area contributed by atoms with Crippen molar-refractivity contribution in [1.82, 2.24) is 0 Å². The van der Waals surface area contributed by atoms with E-state index in [4.69, 9.17) is 15.2 Å². The Morgan fingerprint density at radius 1 is 1.11 bits per heavy atom. The maximum atomic E-state index is 5.77. The Morgan fingerprint density at radius 2 is 1.89 bits per heavy atom. The minimum atomic E-state index is 0.480. The van der Waals surface area contributed by atoms with E-state index in [-0.39, 0.29) is 0 Å². The summed E-state index contributed by atoms with van der Waals surface area (Å²) in [6.07, 6.45) is 0. The lowest BCUT2D eigenvalue weighted by Gasteiger charge is -2.11. The first-order valence-electron chi connectivity index (χ1n) is 5.81. The van der Waals surface area contributed by atoms with Crippen molar-refractivity contribution in [3.05, 3.63) is 53.6 Å². The number of nitrogen functional groups attached to an aromatic ring is 1. The van der Waals surface area contributed by atoms with E-state index >= 15 is 0 Å². The zero-order chi connectivity index (χ0) is 13.0. The first-order chi connectivity index (χ1) is 8.70. The van der Waals surface area contributed by atoms with Gasteiger partial charge in [-0.2, -0.15) is 0 Å². The Kier molecular flexibility index (Phi) is 3.72. The molecule has 2 N–H and O–H groups in total. The number of para-hydroxylation sites is 1. The fourth-order valence-electron chi connectivity index (χ4n) is 1.72. The number of nitrogens with two attached hydrogens (primary N) is 1. The van der Waals surface area contributed by atoms with Crippen molar-refractivity contribution in [3.8, 4) is 11.5 Å². The maximum Gasteiger partial charge on any atom is 0.125 e. The highest BCUT2D eigenvalue weighted by Gasteiger charge is 2.03. The number of anilines is 1. The minimum Gasteiger partial charge on any atom is -0.496 e. The molecule has 0 fully saturated rings. The van der Waals surface area contributed by atoms with Gasteiger partial charge in [-0.05, 0) is 36.8 Å². The predicted octanol–water partition coefficient (Wildman–Crippen LogP) is 3.16. The summed E-state index contributed by atoms with van der Waals surface area (Å²) in [6, 6.07) is 13.5. The summed E-state index contributed by atoms with van der Waals surface area (Å²) >= 11 is 0. The molecular weight excluding hydrogens is 226 g/mol. The highest BCUT2D eigenvalue weighted by molar-refractivity contribution is 5.49. The number of hydrogen-bond donors (Lipinski definition) is 1. The fraction of sp³-hybridized carbons (Fsp3) is 0.200. The molecular formula is C15H17NO2. The topological polar surface area (TPSA) is 44.5 Å². The van der Waals surface area contributed by atoms with Crippen LogP contribution < -0.4 is 15.2 Å². The van der Waals surface area contributed by atoms with E-state index < -0.39 is 0 Å². The molecule has 0 spiro atoms. The Labute approximate surface area is 107 Å². The highest BCUT2D eigenvalue weighted by Crippen LogP contribution is 2.22. The van der Waals surface area contributed by atoms with Crippen LogP contribution in [0.25, 0.3) is 0 Å². The van der Waals surface area contributed by atoms with Gasteiger partial charge in [0.25, 0.3) is 0 Å². The first-order valence-corrected chi connectivity index (χ1v) is 5.81. The van der Waals surface area contributed by atoms with Gasteiger partial charge in [-0.3, -0.25) is 0 Å². The van der Waals surface area contributed by atoms with Crippen molar-refractivity contribution >= 4 is 5.69 Å². The number of ether oxygens (including phenoxy) is 2. The number of methoxy groups -OCH3 is 1. The van der Waals surface area contributed by atoms with Gasteiger partial charge < -0.3 is 15.2 Å². The lowest BCUT2D eigenvalue weighted by molar-refractivity contribution is 0.296. The quantitative estimate of drug-likeness (QED) is 0.839. The van der Waals surface area contributed by atoms with Gasteiger partial charge in [-0.25, -0.2) is 0 Å². The van der Waals surface area contributed by atoms with Gasteiger partial charge in [-0.1, -0.05) is 18.2 Å².